The number of hydrogen-bond acceptors (Lipinski definition) is 2. The number of rotatable bonds is 2. The molecule has 2 atom stereocenters. The van der Waals surface area contributed by atoms with Gasteiger partial charge in [-0.1, -0.05) is 24.3 Å². The maximum Gasteiger partial charge on any atom is 0.0478 e. The Morgan fingerprint density at radius 1 is 1.20 bits per heavy atom. The normalized spacial score (nSPS) is 29.9. The molecule has 1 N–H and O–H groups in total. The quantitative estimate of drug-likeness (QED) is 0.829. The van der Waals surface area contributed by atoms with E-state index in [-0.39, 0.29) is 0 Å². The Morgan fingerprint density at radius 2 is 2.00 bits per heavy atom. The molecule has 1 aromatic carbocycles. The van der Waals surface area contributed by atoms with Gasteiger partial charge in [-0.2, -0.15) is 0 Å². The van der Waals surface area contributed by atoms with Crippen LogP contribution in [-0.2, 0) is 6.42 Å². The third kappa shape index (κ3) is 2.40. The van der Waals surface area contributed by atoms with Gasteiger partial charge in [-0.3, -0.25) is 4.90 Å². The summed E-state index contributed by atoms with van der Waals surface area (Å²) in [6.07, 6.45) is 6.54. The zero-order chi connectivity index (χ0) is 14.2. The molecule has 3 rings (SSSR count). The molecule has 2 unspecified atom stereocenters. The Morgan fingerprint density at radius 3 is 2.70 bits per heavy atom. The van der Waals surface area contributed by atoms with E-state index in [2.05, 4.69) is 55.4 Å². The lowest BCUT2D eigenvalue weighted by Crippen LogP contribution is -2.50. The van der Waals surface area contributed by atoms with Gasteiger partial charge in [0.1, 0.15) is 0 Å². The molecule has 1 aliphatic heterocycles. The maximum atomic E-state index is 3.62. The number of likely N-dealkylation sites (N-methyl/N-ethyl adjacent to an activating group) is 1. The largest absolute Gasteiger partial charge is 0.312 e. The van der Waals surface area contributed by atoms with Gasteiger partial charge in [0.05, 0.1) is 0 Å². The third-order valence-corrected chi connectivity index (χ3v) is 5.40. The van der Waals surface area contributed by atoms with E-state index in [1.54, 1.807) is 5.56 Å². The monoisotopic (exact) mass is 272 g/mol. The van der Waals surface area contributed by atoms with Crippen molar-refractivity contribution >= 4 is 0 Å². The molecule has 2 nitrogen and oxygen atoms in total. The predicted octanol–water partition coefficient (Wildman–Crippen LogP) is 3.53. The minimum Gasteiger partial charge on any atom is -0.312 e. The number of aryl methyl sites for hydroxylation is 1. The third-order valence-electron chi connectivity index (χ3n) is 5.40. The topological polar surface area (TPSA) is 15.3 Å². The molecule has 20 heavy (non-hydrogen) atoms. The van der Waals surface area contributed by atoms with Gasteiger partial charge in [0, 0.05) is 17.6 Å². The second-order valence-electron chi connectivity index (χ2n) is 7.03. The second-order valence-corrected chi connectivity index (χ2v) is 7.03. The first-order valence-electron chi connectivity index (χ1n) is 8.15. The summed E-state index contributed by atoms with van der Waals surface area (Å²) in [7, 11) is 2.13. The highest BCUT2D eigenvalue weighted by molar-refractivity contribution is 5.32. The van der Waals surface area contributed by atoms with Crippen molar-refractivity contribution in [3.63, 3.8) is 0 Å². The van der Waals surface area contributed by atoms with Crippen molar-refractivity contribution in [2.75, 3.05) is 13.6 Å². The van der Waals surface area contributed by atoms with Gasteiger partial charge in [-0.25, -0.2) is 0 Å². The highest BCUT2D eigenvalue weighted by atomic mass is 15.3. The lowest BCUT2D eigenvalue weighted by atomic mass is 9.92. The second kappa shape index (κ2) is 5.50. The van der Waals surface area contributed by atoms with E-state index in [1.165, 1.54) is 44.2 Å². The zero-order valence-corrected chi connectivity index (χ0v) is 13.2. The van der Waals surface area contributed by atoms with Gasteiger partial charge in [0.2, 0.25) is 0 Å². The van der Waals surface area contributed by atoms with Gasteiger partial charge >= 0.3 is 0 Å². The van der Waals surface area contributed by atoms with E-state index >= 15 is 0 Å². The molecule has 1 saturated heterocycles. The predicted molar refractivity (Wildman–Crippen MR) is 85.0 cm³/mol. The molecule has 1 fully saturated rings. The van der Waals surface area contributed by atoms with Crippen molar-refractivity contribution in [3.8, 4) is 0 Å². The van der Waals surface area contributed by atoms with Crippen LogP contribution in [-0.4, -0.2) is 30.1 Å². The van der Waals surface area contributed by atoms with Crippen LogP contribution in [0.5, 0.6) is 0 Å². The summed E-state index contributed by atoms with van der Waals surface area (Å²) in [4.78, 5) is 2.77. The Labute approximate surface area is 123 Å². The zero-order valence-electron chi connectivity index (χ0n) is 13.2. The lowest BCUT2D eigenvalue weighted by Gasteiger charge is -2.42. The maximum absolute atomic E-state index is 3.62. The molecule has 0 aromatic heterocycles. The number of hydrogen-bond donors (Lipinski definition) is 1. The highest BCUT2D eigenvalue weighted by Crippen LogP contribution is 2.39. The summed E-state index contributed by atoms with van der Waals surface area (Å²) in [6, 6.07) is 10.1. The van der Waals surface area contributed by atoms with Crippen molar-refractivity contribution in [3.05, 3.63) is 35.4 Å². The fourth-order valence-electron chi connectivity index (χ4n) is 4.37. The fourth-order valence-corrected chi connectivity index (χ4v) is 4.37. The molecule has 0 amide bonds. The summed E-state index contributed by atoms with van der Waals surface area (Å²) in [5, 5.41) is 3.62. The summed E-state index contributed by atoms with van der Waals surface area (Å²) in [6.45, 7) is 6.10. The van der Waals surface area contributed by atoms with Crippen LogP contribution in [0, 0.1) is 0 Å². The van der Waals surface area contributed by atoms with Crippen LogP contribution in [0.25, 0.3) is 0 Å². The molecule has 2 heteroatoms. The molecule has 0 radical (unpaired) electrons. The Bertz CT molecular complexity index is 466. The summed E-state index contributed by atoms with van der Waals surface area (Å²) in [5.41, 5.74) is 3.44. The minimum atomic E-state index is 0.360. The fraction of sp³-hybridized carbons (Fsp3) is 0.667. The molecular formula is C18H28N2. The minimum absolute atomic E-state index is 0.360. The van der Waals surface area contributed by atoms with Gasteiger partial charge in [0.15, 0.2) is 0 Å². The van der Waals surface area contributed by atoms with Crippen LogP contribution in [0.2, 0.25) is 0 Å². The first-order valence-corrected chi connectivity index (χ1v) is 8.15. The number of likely N-dealkylation sites (tertiary alicyclic amines) is 1. The summed E-state index contributed by atoms with van der Waals surface area (Å²) < 4.78 is 0. The van der Waals surface area contributed by atoms with E-state index in [1.807, 2.05) is 0 Å². The van der Waals surface area contributed by atoms with Crippen LogP contribution in [0.15, 0.2) is 24.3 Å². The number of nitrogens with zero attached hydrogens (tertiary/aromatic N) is 1. The van der Waals surface area contributed by atoms with E-state index < -0.39 is 0 Å². The van der Waals surface area contributed by atoms with Crippen LogP contribution >= 0.6 is 0 Å². The number of nitrogens with one attached hydrogen (secondary N) is 1. The molecule has 0 saturated carbocycles. The van der Waals surface area contributed by atoms with Crippen molar-refractivity contribution in [1.82, 2.24) is 10.2 Å². The van der Waals surface area contributed by atoms with Crippen molar-refractivity contribution in [2.45, 2.75) is 63.6 Å². The average molecular weight is 272 g/mol. The summed E-state index contributed by atoms with van der Waals surface area (Å²) >= 11 is 0. The average Bonchev–Trinajstić information content (AvgIpc) is 2.69. The van der Waals surface area contributed by atoms with Gasteiger partial charge < -0.3 is 5.32 Å². The molecule has 1 aliphatic carbocycles. The van der Waals surface area contributed by atoms with E-state index in [0.29, 0.717) is 17.6 Å². The van der Waals surface area contributed by atoms with Crippen molar-refractivity contribution < 1.29 is 0 Å². The number of benzene rings is 1. The molecule has 1 heterocycles. The first-order chi connectivity index (χ1) is 9.63. The Balaban J connectivity index is 1.95. The van der Waals surface area contributed by atoms with Gasteiger partial charge in [-0.05, 0) is 70.7 Å². The van der Waals surface area contributed by atoms with E-state index in [4.69, 9.17) is 0 Å². The van der Waals surface area contributed by atoms with E-state index in [9.17, 15) is 0 Å². The lowest BCUT2D eigenvalue weighted by molar-refractivity contribution is 0.0850. The standard InChI is InChI=1S/C18H28N2/c1-18(2)12-7-13-20(18)16-11-6-9-14-8-4-5-10-15(14)17(16)19-3/h4-5,8,10,16-17,19H,6-7,9,11-13H2,1-3H3. The number of fused-ring (bicyclic) bond motifs is 1. The molecular weight excluding hydrogens is 244 g/mol. The van der Waals surface area contributed by atoms with Crippen molar-refractivity contribution in [1.29, 1.82) is 0 Å². The summed E-state index contributed by atoms with van der Waals surface area (Å²) in [5.74, 6) is 0. The van der Waals surface area contributed by atoms with Crippen LogP contribution in [0.1, 0.15) is 56.7 Å². The SMILES string of the molecule is CNC1c2ccccc2CCCC1N1CCCC1(C)C. The van der Waals surface area contributed by atoms with Crippen LogP contribution in [0.4, 0.5) is 0 Å². The Hall–Kier alpha value is -0.860. The van der Waals surface area contributed by atoms with Crippen LogP contribution in [0.3, 0.4) is 0 Å². The van der Waals surface area contributed by atoms with E-state index in [0.717, 1.165) is 0 Å². The molecule has 0 bridgehead atoms. The van der Waals surface area contributed by atoms with Crippen molar-refractivity contribution in [2.24, 2.45) is 0 Å². The first kappa shape index (κ1) is 14.1. The molecule has 1 aromatic rings. The van der Waals surface area contributed by atoms with Gasteiger partial charge in [-0.15, -0.1) is 0 Å². The highest BCUT2D eigenvalue weighted by Gasteiger charge is 2.40. The molecule has 0 spiro atoms. The molecule has 110 valence electrons. The van der Waals surface area contributed by atoms with Gasteiger partial charge in [0.25, 0.3) is 0 Å². The van der Waals surface area contributed by atoms with Crippen LogP contribution < -0.4 is 5.32 Å². The molecule has 2 aliphatic rings. The smallest absolute Gasteiger partial charge is 0.0478 e. The Kier molecular flexibility index (Phi) is 3.87.